The third kappa shape index (κ3) is 2.94. The summed E-state index contributed by atoms with van der Waals surface area (Å²) in [5.74, 6) is 0.120. The number of rotatable bonds is 3. The van der Waals surface area contributed by atoms with E-state index in [1.54, 1.807) is 4.90 Å². The molecule has 0 bridgehead atoms. The van der Waals surface area contributed by atoms with Gasteiger partial charge in [0.05, 0.1) is 7.11 Å². The van der Waals surface area contributed by atoms with Gasteiger partial charge in [-0.3, -0.25) is 9.59 Å². The van der Waals surface area contributed by atoms with Crippen LogP contribution in [-0.4, -0.2) is 31.0 Å². The number of methoxy groups -OCH3 is 1. The fraction of sp³-hybridized carbons (Fsp3) is 0.368. The zero-order valence-electron chi connectivity index (χ0n) is 14.1. The van der Waals surface area contributed by atoms with Crippen molar-refractivity contribution in [3.05, 3.63) is 64.2 Å². The summed E-state index contributed by atoms with van der Waals surface area (Å²) in [5, 5.41) is 0. The molecular weight excluding hydrogens is 306 g/mol. The molecule has 5 heteroatoms. The topological polar surface area (TPSA) is 59.8 Å². The summed E-state index contributed by atoms with van der Waals surface area (Å²) in [7, 11) is 1.39. The Morgan fingerprint density at radius 2 is 2.00 bits per heavy atom. The van der Waals surface area contributed by atoms with Crippen LogP contribution in [0.4, 0.5) is 0 Å². The fourth-order valence-electron chi connectivity index (χ4n) is 3.35. The Hall–Kier alpha value is -2.56. The fourth-order valence-corrected chi connectivity index (χ4v) is 3.35. The minimum absolute atomic E-state index is 0.0466. The summed E-state index contributed by atoms with van der Waals surface area (Å²) in [6, 6.07) is 11.4. The molecule has 1 saturated heterocycles. The predicted octanol–water partition coefficient (Wildman–Crippen LogP) is 2.91. The van der Waals surface area contributed by atoms with Crippen molar-refractivity contribution in [1.29, 1.82) is 0 Å². The summed E-state index contributed by atoms with van der Waals surface area (Å²) < 4.78 is 10.2. The van der Waals surface area contributed by atoms with Gasteiger partial charge in [-0.25, -0.2) is 0 Å². The minimum Gasteiger partial charge on any atom is -0.490 e. The van der Waals surface area contributed by atoms with Crippen LogP contribution in [0, 0.1) is 5.41 Å². The Kier molecular flexibility index (Phi) is 4.18. The van der Waals surface area contributed by atoms with E-state index in [0.29, 0.717) is 13.1 Å². The Bertz CT molecular complexity index is 795. The second-order valence-electron chi connectivity index (χ2n) is 6.81. The zero-order chi connectivity index (χ0) is 17.3. The van der Waals surface area contributed by atoms with Gasteiger partial charge in [0.1, 0.15) is 6.26 Å². The summed E-state index contributed by atoms with van der Waals surface area (Å²) in [5.41, 5.74) is 0.809. The summed E-state index contributed by atoms with van der Waals surface area (Å²) in [6.45, 7) is 5.52. The molecule has 2 heterocycles. The molecule has 3 rings (SSSR count). The summed E-state index contributed by atoms with van der Waals surface area (Å²) in [6.07, 6.45) is 1.19. The van der Waals surface area contributed by atoms with Gasteiger partial charge in [-0.2, -0.15) is 0 Å². The van der Waals surface area contributed by atoms with Crippen molar-refractivity contribution >= 4 is 5.91 Å². The minimum atomic E-state index is -0.356. The molecule has 1 fully saturated rings. The van der Waals surface area contributed by atoms with E-state index in [2.05, 4.69) is 26.0 Å². The molecule has 126 valence electrons. The molecule has 0 unspecified atom stereocenters. The molecule has 1 atom stereocenters. The average Bonchev–Trinajstić information content (AvgIpc) is 2.90. The summed E-state index contributed by atoms with van der Waals surface area (Å²) in [4.78, 5) is 26.3. The molecule has 1 amide bonds. The third-order valence-corrected chi connectivity index (χ3v) is 4.66. The molecule has 1 aromatic carbocycles. The lowest BCUT2D eigenvalue weighted by Gasteiger charge is -2.25. The highest BCUT2D eigenvalue weighted by Gasteiger charge is 2.42. The Labute approximate surface area is 140 Å². The highest BCUT2D eigenvalue weighted by Crippen LogP contribution is 2.42. The first kappa shape index (κ1) is 16.3. The van der Waals surface area contributed by atoms with Crippen LogP contribution in [0.3, 0.4) is 0 Å². The lowest BCUT2D eigenvalue weighted by molar-refractivity contribution is 0.0743. The number of carbonyl (C=O) groups excluding carboxylic acids is 1. The zero-order valence-corrected chi connectivity index (χ0v) is 14.1. The first-order valence-electron chi connectivity index (χ1n) is 7.93. The van der Waals surface area contributed by atoms with Crippen LogP contribution in [0.5, 0.6) is 5.75 Å². The number of nitrogens with zero attached hydrogens (tertiary/aromatic N) is 1. The molecule has 2 aromatic rings. The maximum absolute atomic E-state index is 12.7. The van der Waals surface area contributed by atoms with Crippen LogP contribution < -0.4 is 10.2 Å². The van der Waals surface area contributed by atoms with E-state index < -0.39 is 0 Å². The third-order valence-electron chi connectivity index (χ3n) is 4.66. The number of hydrogen-bond acceptors (Lipinski definition) is 4. The maximum atomic E-state index is 12.7. The van der Waals surface area contributed by atoms with Crippen molar-refractivity contribution in [3.63, 3.8) is 0 Å². The molecule has 0 radical (unpaired) electrons. The summed E-state index contributed by atoms with van der Waals surface area (Å²) >= 11 is 0. The lowest BCUT2D eigenvalue weighted by atomic mass is 9.78. The van der Waals surface area contributed by atoms with Gasteiger partial charge in [0.15, 0.2) is 5.76 Å². The number of likely N-dealkylation sites (tertiary alicyclic amines) is 1. The van der Waals surface area contributed by atoms with Gasteiger partial charge in [0.2, 0.25) is 11.2 Å². The van der Waals surface area contributed by atoms with E-state index in [0.717, 1.165) is 0 Å². The van der Waals surface area contributed by atoms with Crippen molar-refractivity contribution in [2.45, 2.75) is 19.8 Å². The van der Waals surface area contributed by atoms with Crippen LogP contribution in [0.2, 0.25) is 0 Å². The van der Waals surface area contributed by atoms with Crippen molar-refractivity contribution in [2.75, 3.05) is 20.2 Å². The van der Waals surface area contributed by atoms with E-state index in [1.807, 2.05) is 18.2 Å². The van der Waals surface area contributed by atoms with E-state index in [-0.39, 0.29) is 34.2 Å². The van der Waals surface area contributed by atoms with E-state index in [1.165, 1.54) is 25.0 Å². The number of hydrogen-bond donors (Lipinski definition) is 0. The van der Waals surface area contributed by atoms with E-state index >= 15 is 0 Å². The average molecular weight is 327 g/mol. The van der Waals surface area contributed by atoms with Gasteiger partial charge in [0.25, 0.3) is 5.91 Å². The van der Waals surface area contributed by atoms with E-state index in [9.17, 15) is 9.59 Å². The quantitative estimate of drug-likeness (QED) is 0.870. The first-order chi connectivity index (χ1) is 11.4. The molecule has 1 aliphatic rings. The van der Waals surface area contributed by atoms with Gasteiger partial charge in [-0.1, -0.05) is 44.2 Å². The van der Waals surface area contributed by atoms with Crippen LogP contribution in [0.25, 0.3) is 0 Å². The van der Waals surface area contributed by atoms with Gasteiger partial charge in [-0.15, -0.1) is 0 Å². The standard InChI is InChI=1S/C19H21NO4/c1-19(2)12-20(10-14(19)13-7-5-4-6-8-13)18(22)16-9-15(21)17(23-3)11-24-16/h4-9,11,14H,10,12H2,1-3H3/t14-/m1/s1. The number of benzene rings is 1. The van der Waals surface area contributed by atoms with Crippen LogP contribution >= 0.6 is 0 Å². The molecule has 0 N–H and O–H groups in total. The first-order valence-corrected chi connectivity index (χ1v) is 7.93. The number of amides is 1. The molecule has 5 nitrogen and oxygen atoms in total. The highest BCUT2D eigenvalue weighted by atomic mass is 16.5. The molecule has 24 heavy (non-hydrogen) atoms. The number of ether oxygens (including phenoxy) is 1. The van der Waals surface area contributed by atoms with E-state index in [4.69, 9.17) is 9.15 Å². The number of carbonyl (C=O) groups is 1. The SMILES string of the molecule is COc1coc(C(=O)N2C[C@H](c3ccccc3)C(C)(C)C2)cc1=O. The van der Waals surface area contributed by atoms with Crippen molar-refractivity contribution in [1.82, 2.24) is 4.90 Å². The van der Waals surface area contributed by atoms with Crippen molar-refractivity contribution in [2.24, 2.45) is 5.41 Å². The molecule has 0 spiro atoms. The van der Waals surface area contributed by atoms with Crippen molar-refractivity contribution in [3.8, 4) is 5.75 Å². The Morgan fingerprint density at radius 3 is 2.62 bits per heavy atom. The molecule has 0 aliphatic carbocycles. The van der Waals surface area contributed by atoms with Gasteiger partial charge < -0.3 is 14.1 Å². The molecular formula is C19H21NO4. The monoisotopic (exact) mass is 327 g/mol. The maximum Gasteiger partial charge on any atom is 0.289 e. The Morgan fingerprint density at radius 1 is 1.29 bits per heavy atom. The largest absolute Gasteiger partial charge is 0.490 e. The molecule has 0 saturated carbocycles. The molecule has 1 aromatic heterocycles. The van der Waals surface area contributed by atoms with Gasteiger partial charge >= 0.3 is 0 Å². The van der Waals surface area contributed by atoms with Crippen LogP contribution in [-0.2, 0) is 0 Å². The predicted molar refractivity (Wildman–Crippen MR) is 90.4 cm³/mol. The van der Waals surface area contributed by atoms with Crippen LogP contribution in [0.15, 0.2) is 51.9 Å². The Balaban J connectivity index is 1.85. The van der Waals surface area contributed by atoms with Crippen LogP contribution in [0.1, 0.15) is 35.9 Å². The lowest BCUT2D eigenvalue weighted by Crippen LogP contribution is -2.30. The van der Waals surface area contributed by atoms with Crippen molar-refractivity contribution < 1.29 is 13.9 Å². The normalized spacial score (nSPS) is 19.3. The van der Waals surface area contributed by atoms with Gasteiger partial charge in [0, 0.05) is 25.1 Å². The molecule has 1 aliphatic heterocycles. The van der Waals surface area contributed by atoms with Gasteiger partial charge in [-0.05, 0) is 11.0 Å². The smallest absolute Gasteiger partial charge is 0.289 e. The highest BCUT2D eigenvalue weighted by molar-refractivity contribution is 5.91. The second-order valence-corrected chi connectivity index (χ2v) is 6.81. The second kappa shape index (κ2) is 6.15.